The lowest BCUT2D eigenvalue weighted by Crippen LogP contribution is -2.20. The molecule has 0 amide bonds. The number of anilines is 1. The summed E-state index contributed by atoms with van der Waals surface area (Å²) in [6, 6.07) is 6.24. The van der Waals surface area contributed by atoms with Crippen molar-refractivity contribution in [1.29, 1.82) is 0 Å². The maximum Gasteiger partial charge on any atom is 0.335 e. The molecule has 0 saturated carbocycles. The van der Waals surface area contributed by atoms with Gasteiger partial charge in [-0.3, -0.25) is 0 Å². The minimum Gasteiger partial charge on any atom is -0.478 e. The van der Waals surface area contributed by atoms with Crippen molar-refractivity contribution in [3.63, 3.8) is 0 Å². The second-order valence-corrected chi connectivity index (χ2v) is 4.81. The molecule has 0 spiro atoms. The summed E-state index contributed by atoms with van der Waals surface area (Å²) in [5.41, 5.74) is 0.223. The molecule has 6 heteroatoms. The molecule has 0 aliphatic carbocycles. The quantitative estimate of drug-likeness (QED) is 0.930. The fourth-order valence-electron chi connectivity index (χ4n) is 2.31. The van der Waals surface area contributed by atoms with Crippen LogP contribution in [0.25, 0.3) is 0 Å². The minimum absolute atomic E-state index is 0.223. The maximum atomic E-state index is 10.8. The van der Waals surface area contributed by atoms with Crippen molar-refractivity contribution in [3.05, 3.63) is 42.2 Å². The van der Waals surface area contributed by atoms with Crippen molar-refractivity contribution in [1.82, 2.24) is 9.97 Å². The van der Waals surface area contributed by atoms with Crippen molar-refractivity contribution in [2.45, 2.75) is 12.8 Å². The van der Waals surface area contributed by atoms with Crippen LogP contribution in [0.15, 0.2) is 36.7 Å². The first kappa shape index (κ1) is 13.4. The van der Waals surface area contributed by atoms with Crippen molar-refractivity contribution >= 4 is 11.8 Å². The Labute approximate surface area is 122 Å². The first-order chi connectivity index (χ1) is 10.2. The molecule has 1 aliphatic rings. The Kier molecular flexibility index (Phi) is 3.68. The highest BCUT2D eigenvalue weighted by molar-refractivity contribution is 5.87. The van der Waals surface area contributed by atoms with Crippen LogP contribution in [0.1, 0.15) is 23.2 Å². The molecule has 1 saturated heterocycles. The number of carboxylic acid groups (broad SMARTS) is 1. The van der Waals surface area contributed by atoms with Gasteiger partial charge in [-0.25, -0.2) is 14.8 Å². The lowest BCUT2D eigenvalue weighted by molar-refractivity contribution is 0.0697. The molecular formula is C15H15N3O3. The maximum absolute atomic E-state index is 10.8. The van der Waals surface area contributed by atoms with Gasteiger partial charge in [0.2, 0.25) is 0 Å². The monoisotopic (exact) mass is 285 g/mol. The van der Waals surface area contributed by atoms with E-state index in [9.17, 15) is 4.79 Å². The number of hydrogen-bond acceptors (Lipinski definition) is 5. The van der Waals surface area contributed by atoms with Gasteiger partial charge in [0.05, 0.1) is 5.56 Å². The standard InChI is InChI=1S/C15H15N3O3/c19-15(20)11-3-5-12(6-4-11)21-14-13(16-7-8-17-14)18-9-1-2-10-18/h3-8H,1-2,9-10H2,(H,19,20). The van der Waals surface area contributed by atoms with Gasteiger partial charge >= 0.3 is 5.97 Å². The summed E-state index contributed by atoms with van der Waals surface area (Å²) in [6.07, 6.45) is 5.52. The molecule has 0 unspecified atom stereocenters. The molecule has 1 aromatic heterocycles. The molecule has 1 N–H and O–H groups in total. The summed E-state index contributed by atoms with van der Waals surface area (Å²) in [5, 5.41) is 8.88. The first-order valence-electron chi connectivity index (χ1n) is 6.81. The highest BCUT2D eigenvalue weighted by atomic mass is 16.5. The lowest BCUT2D eigenvalue weighted by atomic mass is 10.2. The third kappa shape index (κ3) is 2.94. The second-order valence-electron chi connectivity index (χ2n) is 4.81. The normalized spacial score (nSPS) is 14.2. The summed E-state index contributed by atoms with van der Waals surface area (Å²) in [6.45, 7) is 1.90. The molecular weight excluding hydrogens is 270 g/mol. The van der Waals surface area contributed by atoms with Crippen LogP contribution in [0.5, 0.6) is 11.6 Å². The zero-order chi connectivity index (χ0) is 14.7. The molecule has 1 aromatic carbocycles. The van der Waals surface area contributed by atoms with Gasteiger partial charge in [-0.1, -0.05) is 0 Å². The average molecular weight is 285 g/mol. The molecule has 6 nitrogen and oxygen atoms in total. The number of aromatic carboxylic acids is 1. The van der Waals surface area contributed by atoms with Gasteiger partial charge < -0.3 is 14.7 Å². The SMILES string of the molecule is O=C(O)c1ccc(Oc2nccnc2N2CCCC2)cc1. The smallest absolute Gasteiger partial charge is 0.335 e. The average Bonchev–Trinajstić information content (AvgIpc) is 3.02. The summed E-state index contributed by atoms with van der Waals surface area (Å²) in [4.78, 5) is 21.6. The van der Waals surface area contributed by atoms with Crippen molar-refractivity contribution in [3.8, 4) is 11.6 Å². The van der Waals surface area contributed by atoms with E-state index in [0.717, 1.165) is 31.7 Å². The van der Waals surface area contributed by atoms with Crippen molar-refractivity contribution in [2.75, 3.05) is 18.0 Å². The highest BCUT2D eigenvalue weighted by Crippen LogP contribution is 2.30. The largest absolute Gasteiger partial charge is 0.478 e. The van der Waals surface area contributed by atoms with Gasteiger partial charge in [0.15, 0.2) is 5.82 Å². The molecule has 1 aliphatic heterocycles. The summed E-state index contributed by atoms with van der Waals surface area (Å²) in [7, 11) is 0. The topological polar surface area (TPSA) is 75.5 Å². The predicted molar refractivity (Wildman–Crippen MR) is 77.0 cm³/mol. The number of benzene rings is 1. The van der Waals surface area contributed by atoms with Crippen molar-refractivity contribution < 1.29 is 14.6 Å². The Hall–Kier alpha value is -2.63. The van der Waals surface area contributed by atoms with Gasteiger partial charge in [-0.05, 0) is 37.1 Å². The van der Waals surface area contributed by atoms with E-state index in [1.54, 1.807) is 24.5 Å². The molecule has 0 atom stereocenters. The number of carbonyl (C=O) groups is 1. The van der Waals surface area contributed by atoms with E-state index >= 15 is 0 Å². The molecule has 3 rings (SSSR count). The van der Waals surface area contributed by atoms with Gasteiger partial charge in [-0.2, -0.15) is 0 Å². The molecule has 2 aromatic rings. The van der Waals surface area contributed by atoms with E-state index in [0.29, 0.717) is 11.6 Å². The lowest BCUT2D eigenvalue weighted by Gasteiger charge is -2.18. The van der Waals surface area contributed by atoms with Crippen LogP contribution in [0.4, 0.5) is 5.82 Å². The third-order valence-corrected chi connectivity index (χ3v) is 3.37. The van der Waals surface area contributed by atoms with Crippen LogP contribution < -0.4 is 9.64 Å². The van der Waals surface area contributed by atoms with Crippen LogP contribution in [-0.2, 0) is 0 Å². The Morgan fingerprint density at radius 1 is 1.10 bits per heavy atom. The zero-order valence-corrected chi connectivity index (χ0v) is 11.4. The summed E-state index contributed by atoms with van der Waals surface area (Å²) < 4.78 is 5.75. The van der Waals surface area contributed by atoms with Gasteiger partial charge in [0.1, 0.15) is 5.75 Å². The van der Waals surface area contributed by atoms with Crippen molar-refractivity contribution in [2.24, 2.45) is 0 Å². The van der Waals surface area contributed by atoms with Crippen LogP contribution in [0.3, 0.4) is 0 Å². The van der Waals surface area contributed by atoms with Gasteiger partial charge in [0.25, 0.3) is 5.88 Å². The van der Waals surface area contributed by atoms with E-state index in [-0.39, 0.29) is 5.56 Å². The summed E-state index contributed by atoms with van der Waals surface area (Å²) >= 11 is 0. The molecule has 1 fully saturated rings. The number of rotatable bonds is 4. The number of nitrogens with zero attached hydrogens (tertiary/aromatic N) is 3. The van der Waals surface area contributed by atoms with E-state index in [2.05, 4.69) is 14.9 Å². The van der Waals surface area contributed by atoms with E-state index in [4.69, 9.17) is 9.84 Å². The molecule has 2 heterocycles. The van der Waals surface area contributed by atoms with Gasteiger partial charge in [0, 0.05) is 25.5 Å². The summed E-state index contributed by atoms with van der Waals surface area (Å²) in [5.74, 6) is 0.763. The number of aromatic nitrogens is 2. The Balaban J connectivity index is 1.82. The number of ether oxygens (including phenoxy) is 1. The highest BCUT2D eigenvalue weighted by Gasteiger charge is 2.19. The fourth-order valence-corrected chi connectivity index (χ4v) is 2.31. The van der Waals surface area contributed by atoms with E-state index in [1.807, 2.05) is 0 Å². The molecule has 21 heavy (non-hydrogen) atoms. The fraction of sp³-hybridized carbons (Fsp3) is 0.267. The third-order valence-electron chi connectivity index (χ3n) is 3.37. The second kappa shape index (κ2) is 5.78. The van der Waals surface area contributed by atoms with Crippen LogP contribution in [-0.4, -0.2) is 34.1 Å². The van der Waals surface area contributed by atoms with Crippen LogP contribution in [0.2, 0.25) is 0 Å². The van der Waals surface area contributed by atoms with Gasteiger partial charge in [-0.15, -0.1) is 0 Å². The Bertz CT molecular complexity index is 637. The van der Waals surface area contributed by atoms with E-state index < -0.39 is 5.97 Å². The van der Waals surface area contributed by atoms with E-state index in [1.165, 1.54) is 12.1 Å². The van der Waals surface area contributed by atoms with Crippen LogP contribution in [0, 0.1) is 0 Å². The molecule has 0 radical (unpaired) electrons. The zero-order valence-electron chi connectivity index (χ0n) is 11.4. The Morgan fingerprint density at radius 3 is 2.43 bits per heavy atom. The predicted octanol–water partition coefficient (Wildman–Crippen LogP) is 2.57. The Morgan fingerprint density at radius 2 is 1.76 bits per heavy atom. The first-order valence-corrected chi connectivity index (χ1v) is 6.81. The molecule has 108 valence electrons. The van der Waals surface area contributed by atoms with Crippen LogP contribution >= 0.6 is 0 Å². The minimum atomic E-state index is -0.959. The molecule has 0 bridgehead atoms. The number of carboxylic acids is 1. The number of hydrogen-bond donors (Lipinski definition) is 1.